The van der Waals surface area contributed by atoms with E-state index in [1.807, 2.05) is 25.7 Å². The van der Waals surface area contributed by atoms with Gasteiger partial charge in [-0.05, 0) is 26.7 Å². The molecule has 5 nitrogen and oxygen atoms in total. The van der Waals surface area contributed by atoms with Gasteiger partial charge < -0.3 is 16.0 Å². The van der Waals surface area contributed by atoms with Gasteiger partial charge in [-0.3, -0.25) is 9.59 Å². The first-order chi connectivity index (χ1) is 8.51. The van der Waals surface area contributed by atoms with Crippen LogP contribution in [0.2, 0.25) is 0 Å². The lowest BCUT2D eigenvalue weighted by Crippen LogP contribution is -2.55. The molecule has 19 heavy (non-hydrogen) atoms. The number of nitrogens with one attached hydrogen (secondary N) is 1. The third kappa shape index (κ3) is 4.49. The maximum atomic E-state index is 12.1. The number of nitrogens with zero attached hydrogens (tertiary/aromatic N) is 1. The zero-order valence-corrected chi connectivity index (χ0v) is 12.7. The van der Waals surface area contributed by atoms with Crippen LogP contribution < -0.4 is 11.1 Å². The first kappa shape index (κ1) is 16.0. The molecule has 1 saturated heterocycles. The largest absolute Gasteiger partial charge is 0.352 e. The maximum Gasteiger partial charge on any atom is 0.239 e. The Hall–Kier alpha value is -1.10. The zero-order valence-electron chi connectivity index (χ0n) is 12.7. The van der Waals surface area contributed by atoms with Gasteiger partial charge in [0.1, 0.15) is 0 Å². The van der Waals surface area contributed by atoms with E-state index in [0.29, 0.717) is 13.1 Å². The highest BCUT2D eigenvalue weighted by atomic mass is 16.2. The topological polar surface area (TPSA) is 75.4 Å². The van der Waals surface area contributed by atoms with Crippen LogP contribution in [0.1, 0.15) is 47.5 Å². The average Bonchev–Trinajstić information content (AvgIpc) is 2.26. The van der Waals surface area contributed by atoms with E-state index in [2.05, 4.69) is 5.32 Å². The van der Waals surface area contributed by atoms with E-state index >= 15 is 0 Å². The number of nitrogens with two attached hydrogens (primary N) is 1. The first-order valence-corrected chi connectivity index (χ1v) is 6.91. The van der Waals surface area contributed by atoms with E-state index in [1.54, 1.807) is 13.8 Å². The van der Waals surface area contributed by atoms with Gasteiger partial charge in [0, 0.05) is 24.5 Å². The molecule has 0 atom stereocenters. The van der Waals surface area contributed by atoms with Crippen molar-refractivity contribution < 1.29 is 9.59 Å². The lowest BCUT2D eigenvalue weighted by atomic mass is 9.93. The van der Waals surface area contributed by atoms with Crippen molar-refractivity contribution in [2.45, 2.75) is 59.0 Å². The van der Waals surface area contributed by atoms with Crippen molar-refractivity contribution in [3.63, 3.8) is 0 Å². The molecule has 5 heteroatoms. The number of rotatable bonds is 2. The fourth-order valence-corrected chi connectivity index (χ4v) is 2.07. The Morgan fingerprint density at radius 3 is 1.95 bits per heavy atom. The molecule has 3 N–H and O–H groups in total. The number of likely N-dealkylation sites (tertiary alicyclic amines) is 1. The van der Waals surface area contributed by atoms with Crippen LogP contribution >= 0.6 is 0 Å². The van der Waals surface area contributed by atoms with Crippen LogP contribution in [0.5, 0.6) is 0 Å². The second kappa shape index (κ2) is 5.49. The number of carbonyl (C=O) groups excluding carboxylic acids is 2. The molecule has 0 unspecified atom stereocenters. The van der Waals surface area contributed by atoms with Crippen molar-refractivity contribution in [3.8, 4) is 0 Å². The molecule has 1 heterocycles. The van der Waals surface area contributed by atoms with Gasteiger partial charge in [-0.25, -0.2) is 0 Å². The Balaban J connectivity index is 2.46. The fourth-order valence-electron chi connectivity index (χ4n) is 2.07. The standard InChI is InChI=1S/C14H27N3O2/c1-13(2,3)12(19)17-8-6-10(7-9-17)16-11(18)14(4,5)15/h10H,6-9,15H2,1-5H3,(H,16,18). The SMILES string of the molecule is CC(C)(C)C(=O)N1CCC(NC(=O)C(C)(C)N)CC1. The maximum absolute atomic E-state index is 12.1. The number of piperidine rings is 1. The van der Waals surface area contributed by atoms with Crippen LogP contribution in [-0.2, 0) is 9.59 Å². The first-order valence-electron chi connectivity index (χ1n) is 6.91. The minimum Gasteiger partial charge on any atom is -0.352 e. The van der Waals surface area contributed by atoms with E-state index in [0.717, 1.165) is 12.8 Å². The third-order valence-electron chi connectivity index (χ3n) is 3.34. The van der Waals surface area contributed by atoms with Crippen LogP contribution in [0.15, 0.2) is 0 Å². The molecule has 0 aliphatic carbocycles. The highest BCUT2D eigenvalue weighted by molar-refractivity contribution is 5.85. The minimum absolute atomic E-state index is 0.124. The van der Waals surface area contributed by atoms with Gasteiger partial charge in [0.25, 0.3) is 0 Å². The zero-order chi connectivity index (χ0) is 14.8. The highest BCUT2D eigenvalue weighted by Gasteiger charge is 2.32. The Morgan fingerprint density at radius 2 is 1.58 bits per heavy atom. The molecule has 0 aromatic heterocycles. The van der Waals surface area contributed by atoms with Crippen molar-refractivity contribution in [2.75, 3.05) is 13.1 Å². The van der Waals surface area contributed by atoms with Crippen molar-refractivity contribution >= 4 is 11.8 Å². The Kier molecular flexibility index (Phi) is 4.61. The molecule has 0 aromatic carbocycles. The summed E-state index contributed by atoms with van der Waals surface area (Å²) in [6.07, 6.45) is 1.59. The van der Waals surface area contributed by atoms with E-state index < -0.39 is 5.54 Å². The van der Waals surface area contributed by atoms with E-state index in [9.17, 15) is 9.59 Å². The summed E-state index contributed by atoms with van der Waals surface area (Å²) < 4.78 is 0. The van der Waals surface area contributed by atoms with E-state index in [4.69, 9.17) is 5.73 Å². The van der Waals surface area contributed by atoms with Crippen LogP contribution in [0.25, 0.3) is 0 Å². The number of hydrogen-bond acceptors (Lipinski definition) is 3. The van der Waals surface area contributed by atoms with Crippen molar-refractivity contribution in [3.05, 3.63) is 0 Å². The molecule has 1 aliphatic rings. The van der Waals surface area contributed by atoms with Crippen molar-refractivity contribution in [1.29, 1.82) is 0 Å². The van der Waals surface area contributed by atoms with Crippen molar-refractivity contribution in [1.82, 2.24) is 10.2 Å². The van der Waals surface area contributed by atoms with Gasteiger partial charge in [-0.1, -0.05) is 20.8 Å². The summed E-state index contributed by atoms with van der Waals surface area (Å²) in [7, 11) is 0. The monoisotopic (exact) mass is 269 g/mol. The van der Waals surface area contributed by atoms with Crippen LogP contribution in [0.4, 0.5) is 0 Å². The molecule has 1 aliphatic heterocycles. The van der Waals surface area contributed by atoms with Gasteiger partial charge in [-0.15, -0.1) is 0 Å². The fraction of sp³-hybridized carbons (Fsp3) is 0.857. The van der Waals surface area contributed by atoms with Gasteiger partial charge in [0.2, 0.25) is 11.8 Å². The Morgan fingerprint density at radius 1 is 1.11 bits per heavy atom. The summed E-state index contributed by atoms with van der Waals surface area (Å²) in [6, 6.07) is 0.124. The number of carbonyl (C=O) groups is 2. The van der Waals surface area contributed by atoms with Crippen LogP contribution in [0.3, 0.4) is 0 Å². The summed E-state index contributed by atoms with van der Waals surface area (Å²) in [5, 5.41) is 2.96. The third-order valence-corrected chi connectivity index (χ3v) is 3.34. The summed E-state index contributed by atoms with van der Waals surface area (Å²) in [5.41, 5.74) is 4.57. The average molecular weight is 269 g/mol. The molecule has 0 bridgehead atoms. The summed E-state index contributed by atoms with van der Waals surface area (Å²) in [6.45, 7) is 10.6. The molecule has 1 rings (SSSR count). The lowest BCUT2D eigenvalue weighted by molar-refractivity contribution is -0.140. The van der Waals surface area contributed by atoms with Crippen molar-refractivity contribution in [2.24, 2.45) is 11.1 Å². The molecule has 1 fully saturated rings. The minimum atomic E-state index is -0.849. The van der Waals surface area contributed by atoms with Gasteiger partial charge in [-0.2, -0.15) is 0 Å². The molecule has 0 saturated carbocycles. The van der Waals surface area contributed by atoms with Crippen LogP contribution in [0, 0.1) is 5.41 Å². The summed E-state index contributed by atoms with van der Waals surface area (Å²) >= 11 is 0. The predicted molar refractivity (Wildman–Crippen MR) is 75.5 cm³/mol. The molecule has 0 spiro atoms. The Bertz CT molecular complexity index is 345. The predicted octanol–water partition coefficient (Wildman–Crippen LogP) is 0.877. The number of amides is 2. The van der Waals surface area contributed by atoms with Crippen LogP contribution in [-0.4, -0.2) is 41.4 Å². The second-order valence-corrected chi connectivity index (χ2v) is 7.01. The molecule has 0 aromatic rings. The van der Waals surface area contributed by atoms with Gasteiger partial charge >= 0.3 is 0 Å². The molecule has 2 amide bonds. The smallest absolute Gasteiger partial charge is 0.239 e. The molecule has 110 valence electrons. The lowest BCUT2D eigenvalue weighted by Gasteiger charge is -2.36. The van der Waals surface area contributed by atoms with Gasteiger partial charge in [0.05, 0.1) is 5.54 Å². The normalized spacial score (nSPS) is 18.3. The highest BCUT2D eigenvalue weighted by Crippen LogP contribution is 2.21. The Labute approximate surface area is 115 Å². The quantitative estimate of drug-likeness (QED) is 0.781. The summed E-state index contributed by atoms with van der Waals surface area (Å²) in [4.78, 5) is 25.8. The molecular weight excluding hydrogens is 242 g/mol. The summed E-state index contributed by atoms with van der Waals surface area (Å²) in [5.74, 6) is 0.0459. The van der Waals surface area contributed by atoms with E-state index in [1.165, 1.54) is 0 Å². The van der Waals surface area contributed by atoms with Gasteiger partial charge in [0.15, 0.2) is 0 Å². The molecular formula is C14H27N3O2. The number of hydrogen-bond donors (Lipinski definition) is 2. The van der Waals surface area contributed by atoms with E-state index in [-0.39, 0.29) is 23.3 Å². The molecule has 0 radical (unpaired) electrons. The second-order valence-electron chi connectivity index (χ2n) is 7.01.